The number of hydrogen-bond acceptors (Lipinski definition) is 2. The van der Waals surface area contributed by atoms with E-state index in [0.717, 1.165) is 5.92 Å². The topological polar surface area (TPSA) is 20.2 Å². The van der Waals surface area contributed by atoms with Gasteiger partial charge in [-0.25, -0.2) is 0 Å². The zero-order valence-corrected chi connectivity index (χ0v) is 9.09. The van der Waals surface area contributed by atoms with E-state index in [-0.39, 0.29) is 0 Å². The third-order valence-corrected chi connectivity index (χ3v) is 4.04. The maximum atomic E-state index is 9.13. The largest absolute Gasteiger partial charge is 0.508 e. The summed E-state index contributed by atoms with van der Waals surface area (Å²) in [5, 5.41) is 9.13. The van der Waals surface area contributed by atoms with E-state index in [0.29, 0.717) is 5.75 Å². The van der Waals surface area contributed by atoms with Crippen LogP contribution in [0.15, 0.2) is 29.2 Å². The molecule has 2 rings (SSSR count). The van der Waals surface area contributed by atoms with Gasteiger partial charge in [-0.1, -0.05) is 12.8 Å². The molecule has 0 aliphatic heterocycles. The van der Waals surface area contributed by atoms with Crippen molar-refractivity contribution in [2.45, 2.75) is 30.6 Å². The van der Waals surface area contributed by atoms with Crippen molar-refractivity contribution in [1.82, 2.24) is 0 Å². The minimum absolute atomic E-state index is 0.357. The zero-order chi connectivity index (χ0) is 9.80. The molecule has 0 unspecified atom stereocenters. The van der Waals surface area contributed by atoms with Crippen LogP contribution in [0.4, 0.5) is 0 Å². The molecule has 1 aliphatic carbocycles. The summed E-state index contributed by atoms with van der Waals surface area (Å²) in [6.07, 6.45) is 5.65. The van der Waals surface area contributed by atoms with Crippen molar-refractivity contribution in [3.63, 3.8) is 0 Å². The molecule has 1 nitrogen and oxygen atoms in total. The average Bonchev–Trinajstić information content (AvgIpc) is 2.70. The molecule has 0 saturated heterocycles. The molecule has 2 heteroatoms. The molecule has 0 amide bonds. The minimum atomic E-state index is 0.357. The molecule has 0 aromatic heterocycles. The summed E-state index contributed by atoms with van der Waals surface area (Å²) in [4.78, 5) is 1.27. The summed E-state index contributed by atoms with van der Waals surface area (Å²) in [6.45, 7) is 0. The van der Waals surface area contributed by atoms with E-state index in [4.69, 9.17) is 5.11 Å². The van der Waals surface area contributed by atoms with Gasteiger partial charge in [0, 0.05) is 10.6 Å². The van der Waals surface area contributed by atoms with E-state index >= 15 is 0 Å². The molecule has 76 valence electrons. The Labute approximate surface area is 89.5 Å². The van der Waals surface area contributed by atoms with Gasteiger partial charge in [-0.15, -0.1) is 11.8 Å². The molecule has 1 saturated carbocycles. The van der Waals surface area contributed by atoms with E-state index in [1.54, 1.807) is 12.1 Å². The van der Waals surface area contributed by atoms with E-state index in [1.165, 1.54) is 36.3 Å². The summed E-state index contributed by atoms with van der Waals surface area (Å²) in [7, 11) is 0. The Hall–Kier alpha value is -0.630. The van der Waals surface area contributed by atoms with Crippen LogP contribution in [0.25, 0.3) is 0 Å². The maximum absolute atomic E-state index is 9.13. The fourth-order valence-corrected chi connectivity index (χ4v) is 3.02. The van der Waals surface area contributed by atoms with Gasteiger partial charge in [0.15, 0.2) is 0 Å². The van der Waals surface area contributed by atoms with Crippen molar-refractivity contribution in [3.8, 4) is 5.75 Å². The number of thioether (sulfide) groups is 1. The number of aromatic hydroxyl groups is 1. The molecule has 1 aromatic rings. The van der Waals surface area contributed by atoms with Crippen LogP contribution in [-0.4, -0.2) is 10.9 Å². The number of phenols is 1. The van der Waals surface area contributed by atoms with E-state index in [1.807, 2.05) is 23.9 Å². The monoisotopic (exact) mass is 208 g/mol. The molecular formula is C12H16OS. The summed E-state index contributed by atoms with van der Waals surface area (Å²) in [6, 6.07) is 7.51. The first-order valence-electron chi connectivity index (χ1n) is 5.26. The summed E-state index contributed by atoms with van der Waals surface area (Å²) >= 11 is 1.92. The van der Waals surface area contributed by atoms with E-state index in [2.05, 4.69) is 0 Å². The number of rotatable bonds is 3. The molecule has 1 fully saturated rings. The van der Waals surface area contributed by atoms with Crippen LogP contribution >= 0.6 is 11.8 Å². The first kappa shape index (κ1) is 9.91. The van der Waals surface area contributed by atoms with Gasteiger partial charge < -0.3 is 5.11 Å². The summed E-state index contributed by atoms with van der Waals surface area (Å²) in [5.74, 6) is 2.52. The highest BCUT2D eigenvalue weighted by Crippen LogP contribution is 2.31. The fourth-order valence-electron chi connectivity index (χ4n) is 1.93. The molecule has 1 aromatic carbocycles. The first-order chi connectivity index (χ1) is 6.84. The highest BCUT2D eigenvalue weighted by Gasteiger charge is 2.14. The van der Waals surface area contributed by atoms with Gasteiger partial charge in [-0.05, 0) is 43.0 Å². The van der Waals surface area contributed by atoms with Gasteiger partial charge >= 0.3 is 0 Å². The Morgan fingerprint density at radius 1 is 1.14 bits per heavy atom. The van der Waals surface area contributed by atoms with Crippen LogP contribution in [0.3, 0.4) is 0 Å². The lowest BCUT2D eigenvalue weighted by molar-refractivity contribution is 0.475. The van der Waals surface area contributed by atoms with Crippen molar-refractivity contribution >= 4 is 11.8 Å². The third kappa shape index (κ3) is 2.68. The smallest absolute Gasteiger partial charge is 0.115 e. The van der Waals surface area contributed by atoms with Crippen LogP contribution in [0.5, 0.6) is 5.75 Å². The first-order valence-corrected chi connectivity index (χ1v) is 6.25. The molecule has 14 heavy (non-hydrogen) atoms. The normalized spacial score (nSPS) is 17.4. The Morgan fingerprint density at radius 2 is 1.79 bits per heavy atom. The van der Waals surface area contributed by atoms with Gasteiger partial charge in [-0.2, -0.15) is 0 Å². The molecule has 0 atom stereocenters. The second-order valence-electron chi connectivity index (χ2n) is 3.96. The van der Waals surface area contributed by atoms with Gasteiger partial charge in [0.2, 0.25) is 0 Å². The van der Waals surface area contributed by atoms with Gasteiger partial charge in [0.05, 0.1) is 0 Å². The Morgan fingerprint density at radius 3 is 2.43 bits per heavy atom. The second kappa shape index (κ2) is 4.74. The number of benzene rings is 1. The average molecular weight is 208 g/mol. The van der Waals surface area contributed by atoms with Crippen molar-refractivity contribution in [3.05, 3.63) is 24.3 Å². The van der Waals surface area contributed by atoms with Crippen LogP contribution in [0.2, 0.25) is 0 Å². The van der Waals surface area contributed by atoms with Gasteiger partial charge in [0.25, 0.3) is 0 Å². The molecule has 1 aliphatic rings. The van der Waals surface area contributed by atoms with Crippen LogP contribution in [0, 0.1) is 5.92 Å². The minimum Gasteiger partial charge on any atom is -0.508 e. The van der Waals surface area contributed by atoms with Crippen molar-refractivity contribution in [2.75, 3.05) is 5.75 Å². The Kier molecular flexibility index (Phi) is 3.35. The lowest BCUT2D eigenvalue weighted by Crippen LogP contribution is -1.95. The maximum Gasteiger partial charge on any atom is 0.115 e. The molecule has 0 bridgehead atoms. The van der Waals surface area contributed by atoms with Crippen molar-refractivity contribution in [1.29, 1.82) is 0 Å². The zero-order valence-electron chi connectivity index (χ0n) is 8.28. The molecule has 0 radical (unpaired) electrons. The fraction of sp³-hybridized carbons (Fsp3) is 0.500. The Bertz CT molecular complexity index is 275. The molecular weight excluding hydrogens is 192 g/mol. The summed E-state index contributed by atoms with van der Waals surface area (Å²) < 4.78 is 0. The second-order valence-corrected chi connectivity index (χ2v) is 5.05. The lowest BCUT2D eigenvalue weighted by atomic mass is 10.1. The van der Waals surface area contributed by atoms with E-state index in [9.17, 15) is 0 Å². The van der Waals surface area contributed by atoms with Crippen molar-refractivity contribution in [2.24, 2.45) is 5.92 Å². The van der Waals surface area contributed by atoms with Crippen LogP contribution in [0.1, 0.15) is 25.7 Å². The standard InChI is InChI=1S/C12H16OS/c13-11-5-7-12(8-6-11)14-9-10-3-1-2-4-10/h5-8,10,13H,1-4,9H2. The highest BCUT2D eigenvalue weighted by molar-refractivity contribution is 7.99. The molecule has 0 spiro atoms. The van der Waals surface area contributed by atoms with Gasteiger partial charge in [0.1, 0.15) is 5.75 Å². The SMILES string of the molecule is Oc1ccc(SCC2CCCC2)cc1. The summed E-state index contributed by atoms with van der Waals surface area (Å²) in [5.41, 5.74) is 0. The quantitative estimate of drug-likeness (QED) is 0.765. The Balaban J connectivity index is 1.82. The van der Waals surface area contributed by atoms with Crippen LogP contribution < -0.4 is 0 Å². The third-order valence-electron chi connectivity index (χ3n) is 2.80. The molecule has 1 N–H and O–H groups in total. The van der Waals surface area contributed by atoms with Crippen molar-refractivity contribution < 1.29 is 5.11 Å². The van der Waals surface area contributed by atoms with Crippen LogP contribution in [-0.2, 0) is 0 Å². The van der Waals surface area contributed by atoms with E-state index < -0.39 is 0 Å². The lowest BCUT2D eigenvalue weighted by Gasteiger charge is -2.07. The number of phenolic OH excluding ortho intramolecular Hbond substituents is 1. The predicted octanol–water partition coefficient (Wildman–Crippen LogP) is 3.67. The van der Waals surface area contributed by atoms with Gasteiger partial charge in [-0.3, -0.25) is 0 Å². The predicted molar refractivity (Wildman–Crippen MR) is 60.8 cm³/mol. The number of hydrogen-bond donors (Lipinski definition) is 1. The molecule has 0 heterocycles. The highest BCUT2D eigenvalue weighted by atomic mass is 32.2.